The third-order valence-electron chi connectivity index (χ3n) is 5.06. The smallest absolute Gasteiger partial charge is 0.251 e. The number of benzene rings is 1. The van der Waals surface area contributed by atoms with Gasteiger partial charge >= 0.3 is 0 Å². The van der Waals surface area contributed by atoms with Crippen molar-refractivity contribution in [2.75, 3.05) is 13.1 Å². The van der Waals surface area contributed by atoms with Crippen molar-refractivity contribution >= 4 is 15.9 Å². The number of carbonyl (C=O) groups excluding carboxylic acids is 1. The van der Waals surface area contributed by atoms with E-state index in [0.717, 1.165) is 25.7 Å². The van der Waals surface area contributed by atoms with Crippen LogP contribution >= 0.6 is 0 Å². The van der Waals surface area contributed by atoms with Gasteiger partial charge in [0.1, 0.15) is 0 Å². The molecule has 144 valence electrons. The van der Waals surface area contributed by atoms with Crippen molar-refractivity contribution in [1.29, 1.82) is 0 Å². The van der Waals surface area contributed by atoms with E-state index in [1.807, 2.05) is 13.8 Å². The summed E-state index contributed by atoms with van der Waals surface area (Å²) in [5.74, 6) is -0.197. The molecule has 0 spiro atoms. The summed E-state index contributed by atoms with van der Waals surface area (Å²) in [6.07, 6.45) is 5.17. The van der Waals surface area contributed by atoms with Crippen LogP contribution in [-0.4, -0.2) is 50.0 Å². The van der Waals surface area contributed by atoms with E-state index in [1.165, 1.54) is 16.8 Å². The van der Waals surface area contributed by atoms with E-state index < -0.39 is 10.0 Å². The highest BCUT2D eigenvalue weighted by Crippen LogP contribution is 2.22. The lowest BCUT2D eigenvalue weighted by molar-refractivity contribution is -0.0440. The zero-order valence-electron chi connectivity index (χ0n) is 15.5. The maximum absolute atomic E-state index is 13.0. The molecule has 1 heterocycles. The van der Waals surface area contributed by atoms with Crippen LogP contribution in [0.3, 0.4) is 0 Å². The fourth-order valence-electron chi connectivity index (χ4n) is 3.79. The summed E-state index contributed by atoms with van der Waals surface area (Å²) in [6.45, 7) is 4.38. The molecule has 1 aromatic rings. The first-order valence-corrected chi connectivity index (χ1v) is 10.9. The van der Waals surface area contributed by atoms with Crippen molar-refractivity contribution in [2.45, 2.75) is 69.1 Å². The highest BCUT2D eigenvalue weighted by Gasteiger charge is 2.32. The molecule has 3 rings (SSSR count). The summed E-state index contributed by atoms with van der Waals surface area (Å²) < 4.78 is 33.0. The Kier molecular flexibility index (Phi) is 5.99. The Hall–Kier alpha value is -1.44. The van der Waals surface area contributed by atoms with Crippen molar-refractivity contribution in [1.82, 2.24) is 9.62 Å². The van der Waals surface area contributed by atoms with Crippen molar-refractivity contribution < 1.29 is 17.9 Å². The van der Waals surface area contributed by atoms with Crippen LogP contribution < -0.4 is 5.32 Å². The fraction of sp³-hybridized carbons (Fsp3) is 0.632. The molecule has 0 bridgehead atoms. The van der Waals surface area contributed by atoms with Gasteiger partial charge < -0.3 is 10.1 Å². The van der Waals surface area contributed by atoms with Crippen LogP contribution in [0.25, 0.3) is 0 Å². The van der Waals surface area contributed by atoms with Crippen LogP contribution in [0.4, 0.5) is 0 Å². The lowest BCUT2D eigenvalue weighted by atomic mass is 9.95. The number of nitrogens with one attached hydrogen (secondary N) is 1. The third kappa shape index (κ3) is 4.45. The van der Waals surface area contributed by atoms with E-state index in [1.54, 1.807) is 18.2 Å². The minimum absolute atomic E-state index is 0.147. The first-order valence-electron chi connectivity index (χ1n) is 9.43. The molecule has 1 aromatic carbocycles. The van der Waals surface area contributed by atoms with Crippen LogP contribution in [0.2, 0.25) is 0 Å². The Morgan fingerprint density at radius 2 is 1.77 bits per heavy atom. The summed E-state index contributed by atoms with van der Waals surface area (Å²) >= 11 is 0. The van der Waals surface area contributed by atoms with Crippen LogP contribution in [0, 0.1) is 0 Å². The highest BCUT2D eigenvalue weighted by atomic mass is 32.2. The van der Waals surface area contributed by atoms with E-state index in [9.17, 15) is 13.2 Å². The molecule has 0 radical (unpaired) electrons. The Balaban J connectivity index is 1.76. The fourth-order valence-corrected chi connectivity index (χ4v) is 5.43. The molecule has 1 N–H and O–H groups in total. The van der Waals surface area contributed by atoms with Crippen molar-refractivity contribution in [3.8, 4) is 0 Å². The highest BCUT2D eigenvalue weighted by molar-refractivity contribution is 7.89. The molecular weight excluding hydrogens is 352 g/mol. The van der Waals surface area contributed by atoms with Gasteiger partial charge in [0.2, 0.25) is 10.0 Å². The molecule has 2 fully saturated rings. The third-order valence-corrected chi connectivity index (χ3v) is 6.89. The largest absolute Gasteiger partial charge is 0.373 e. The van der Waals surface area contributed by atoms with Gasteiger partial charge in [-0.25, -0.2) is 8.42 Å². The molecule has 1 aliphatic heterocycles. The van der Waals surface area contributed by atoms with Gasteiger partial charge in [-0.1, -0.05) is 25.3 Å². The van der Waals surface area contributed by atoms with E-state index >= 15 is 0 Å². The van der Waals surface area contributed by atoms with Gasteiger partial charge in [-0.05, 0) is 44.9 Å². The predicted octanol–water partition coefficient (Wildman–Crippen LogP) is 2.55. The molecule has 2 aliphatic rings. The Morgan fingerprint density at radius 3 is 2.42 bits per heavy atom. The Labute approximate surface area is 156 Å². The van der Waals surface area contributed by atoms with E-state index in [2.05, 4.69) is 5.32 Å². The second-order valence-electron chi connectivity index (χ2n) is 7.42. The number of hydrogen-bond donors (Lipinski definition) is 1. The number of amides is 1. The summed E-state index contributed by atoms with van der Waals surface area (Å²) in [7, 11) is -3.64. The summed E-state index contributed by atoms with van der Waals surface area (Å²) in [5, 5.41) is 3.04. The molecule has 7 heteroatoms. The summed E-state index contributed by atoms with van der Waals surface area (Å²) in [6, 6.07) is 6.53. The maximum Gasteiger partial charge on any atom is 0.251 e. The number of hydrogen-bond acceptors (Lipinski definition) is 4. The molecule has 26 heavy (non-hydrogen) atoms. The molecule has 1 aliphatic carbocycles. The molecule has 1 saturated carbocycles. The minimum atomic E-state index is -3.64. The summed E-state index contributed by atoms with van der Waals surface area (Å²) in [5.41, 5.74) is 0.394. The molecule has 1 amide bonds. The second-order valence-corrected chi connectivity index (χ2v) is 9.35. The first kappa shape index (κ1) is 19.3. The zero-order valence-corrected chi connectivity index (χ0v) is 16.3. The number of rotatable bonds is 4. The van der Waals surface area contributed by atoms with E-state index in [-0.39, 0.29) is 29.1 Å². The monoisotopic (exact) mass is 380 g/mol. The van der Waals surface area contributed by atoms with Crippen LogP contribution in [0.5, 0.6) is 0 Å². The quantitative estimate of drug-likeness (QED) is 0.871. The average molecular weight is 381 g/mol. The first-order chi connectivity index (χ1) is 12.4. The molecule has 1 saturated heterocycles. The van der Waals surface area contributed by atoms with Gasteiger partial charge in [0.25, 0.3) is 5.91 Å². The number of nitrogens with zero attached hydrogens (tertiary/aromatic N) is 1. The second kappa shape index (κ2) is 8.06. The maximum atomic E-state index is 13.0. The topological polar surface area (TPSA) is 75.7 Å². The van der Waals surface area contributed by atoms with Gasteiger partial charge in [0.05, 0.1) is 17.1 Å². The van der Waals surface area contributed by atoms with Crippen molar-refractivity contribution in [3.63, 3.8) is 0 Å². The number of ether oxygens (including phenoxy) is 1. The van der Waals surface area contributed by atoms with E-state index in [4.69, 9.17) is 4.74 Å². The van der Waals surface area contributed by atoms with Crippen LogP contribution in [0.15, 0.2) is 29.2 Å². The molecule has 0 aromatic heterocycles. The van der Waals surface area contributed by atoms with Crippen molar-refractivity contribution in [3.05, 3.63) is 29.8 Å². The zero-order chi connectivity index (χ0) is 18.7. The van der Waals surface area contributed by atoms with Crippen molar-refractivity contribution in [2.24, 2.45) is 0 Å². The number of carbonyl (C=O) groups is 1. The average Bonchev–Trinajstić information content (AvgIpc) is 2.62. The predicted molar refractivity (Wildman–Crippen MR) is 99.5 cm³/mol. The molecule has 2 unspecified atom stereocenters. The van der Waals surface area contributed by atoms with Gasteiger partial charge in [0, 0.05) is 24.7 Å². The standard InChI is InChI=1S/C19H28N2O4S/c1-14-12-21(13-15(2)25-14)26(23,24)18-10-6-7-16(11-18)19(22)20-17-8-4-3-5-9-17/h6-7,10-11,14-15,17H,3-5,8-9,12-13H2,1-2H3,(H,20,22). The lowest BCUT2D eigenvalue weighted by Gasteiger charge is -2.34. The number of sulfonamides is 1. The lowest BCUT2D eigenvalue weighted by Crippen LogP contribution is -2.48. The van der Waals surface area contributed by atoms with Gasteiger partial charge in [0.15, 0.2) is 0 Å². The van der Waals surface area contributed by atoms with Gasteiger partial charge in [-0.15, -0.1) is 0 Å². The minimum Gasteiger partial charge on any atom is -0.373 e. The van der Waals surface area contributed by atoms with Gasteiger partial charge in [-0.2, -0.15) is 4.31 Å². The molecule has 2 atom stereocenters. The van der Waals surface area contributed by atoms with Crippen LogP contribution in [-0.2, 0) is 14.8 Å². The van der Waals surface area contributed by atoms with Gasteiger partial charge in [-0.3, -0.25) is 4.79 Å². The SMILES string of the molecule is CC1CN(S(=O)(=O)c2cccc(C(=O)NC3CCCCC3)c2)CC(C)O1. The molecule has 6 nitrogen and oxygen atoms in total. The van der Waals surface area contributed by atoms with E-state index in [0.29, 0.717) is 18.7 Å². The summed E-state index contributed by atoms with van der Waals surface area (Å²) in [4.78, 5) is 12.7. The Bertz CT molecular complexity index is 734. The van der Waals surface area contributed by atoms with Crippen LogP contribution in [0.1, 0.15) is 56.3 Å². The number of morpholine rings is 1. The Morgan fingerprint density at radius 1 is 1.12 bits per heavy atom. The molecular formula is C19H28N2O4S. The normalized spacial score (nSPS) is 25.8.